The molecule has 0 saturated carbocycles. The maximum absolute atomic E-state index is 8.63. The number of hydroxylamine groups is 1. The lowest BCUT2D eigenvalue weighted by molar-refractivity contribution is 0.133. The van der Waals surface area contributed by atoms with E-state index in [2.05, 4.69) is 55.8 Å². The molecule has 0 aliphatic carbocycles. The minimum absolute atomic E-state index is 0.00437. The highest BCUT2D eigenvalue weighted by molar-refractivity contribution is 14.1. The van der Waals surface area contributed by atoms with Crippen molar-refractivity contribution in [3.63, 3.8) is 0 Å². The van der Waals surface area contributed by atoms with Crippen molar-refractivity contribution in [2.45, 2.75) is 19.9 Å². The van der Waals surface area contributed by atoms with Gasteiger partial charge in [-0.3, -0.25) is 0 Å². The molecule has 2 aromatic rings. The van der Waals surface area contributed by atoms with E-state index in [-0.39, 0.29) is 6.04 Å². The summed E-state index contributed by atoms with van der Waals surface area (Å²) in [4.78, 5) is 0. The molecule has 2 rings (SSSR count). The Hall–Kier alpha value is -0.710. The van der Waals surface area contributed by atoms with Crippen LogP contribution in [0.3, 0.4) is 0 Å². The fraction of sp³-hybridized carbons (Fsp3) is 0.188. The zero-order valence-electron chi connectivity index (χ0n) is 12.3. The van der Waals surface area contributed by atoms with Gasteiger partial charge in [-0.1, -0.05) is 29.4 Å². The Balaban J connectivity index is 0.000000220. The Morgan fingerprint density at radius 3 is 2.18 bits per heavy atom. The van der Waals surface area contributed by atoms with Crippen LogP contribution in [0.5, 0.6) is 0 Å². The van der Waals surface area contributed by atoms with Crippen molar-refractivity contribution in [2.24, 2.45) is 5.16 Å². The molecule has 1 unspecified atom stereocenters. The van der Waals surface area contributed by atoms with Crippen molar-refractivity contribution in [2.75, 3.05) is 0 Å². The van der Waals surface area contributed by atoms with Gasteiger partial charge in [-0.15, -0.1) is 0 Å². The molecule has 0 aliphatic rings. The van der Waals surface area contributed by atoms with E-state index in [1.54, 1.807) is 6.92 Å². The molecule has 0 radical (unpaired) electrons. The van der Waals surface area contributed by atoms with Crippen LogP contribution in [0.15, 0.2) is 53.7 Å². The quantitative estimate of drug-likeness (QED) is 0.234. The molecule has 118 valence electrons. The maximum Gasteiger partial charge on any atom is 0.0837 e. The molecular weight excluding hydrogens is 506 g/mol. The van der Waals surface area contributed by atoms with E-state index in [1.807, 2.05) is 55.5 Å². The van der Waals surface area contributed by atoms with Crippen molar-refractivity contribution in [3.8, 4) is 0 Å². The van der Waals surface area contributed by atoms with Crippen LogP contribution >= 0.6 is 45.2 Å². The van der Waals surface area contributed by atoms with Crippen LogP contribution in [0, 0.1) is 7.14 Å². The number of hydrogen-bond acceptors (Lipinski definition) is 4. The number of nitrogens with one attached hydrogen (secondary N) is 1. The van der Waals surface area contributed by atoms with E-state index in [9.17, 15) is 0 Å². The molecule has 6 heteroatoms. The minimum Gasteiger partial charge on any atom is -0.411 e. The lowest BCUT2D eigenvalue weighted by Crippen LogP contribution is -2.12. The van der Waals surface area contributed by atoms with Crippen LogP contribution < -0.4 is 5.48 Å². The second-order valence-electron chi connectivity index (χ2n) is 4.60. The third kappa shape index (κ3) is 6.59. The monoisotopic (exact) mass is 524 g/mol. The summed E-state index contributed by atoms with van der Waals surface area (Å²) in [5.41, 5.74) is 4.90. The molecule has 0 amide bonds. The summed E-state index contributed by atoms with van der Waals surface area (Å²) in [6, 6.07) is 15.8. The molecule has 1 atom stereocenters. The standard InChI is InChI=1S/C8H10INO.C8H8INO/c2*1-6(10-11)7-3-2-4-8(9)5-7/h2-6,10-11H,1H3;2-5,11H,1H3. The second kappa shape index (κ2) is 10.1. The van der Waals surface area contributed by atoms with Crippen LogP contribution in [0.4, 0.5) is 0 Å². The van der Waals surface area contributed by atoms with Gasteiger partial charge < -0.3 is 10.4 Å². The number of halogens is 2. The summed E-state index contributed by atoms with van der Waals surface area (Å²) in [5.74, 6) is 0. The predicted octanol–water partition coefficient (Wildman–Crippen LogP) is 4.82. The van der Waals surface area contributed by atoms with E-state index in [4.69, 9.17) is 10.4 Å². The van der Waals surface area contributed by atoms with E-state index in [0.717, 1.165) is 14.7 Å². The number of hydrogen-bond donors (Lipinski definition) is 3. The third-order valence-electron chi connectivity index (χ3n) is 2.93. The molecule has 0 aliphatic heterocycles. The lowest BCUT2D eigenvalue weighted by atomic mass is 10.1. The third-order valence-corrected chi connectivity index (χ3v) is 4.28. The fourth-order valence-corrected chi connectivity index (χ4v) is 2.73. The van der Waals surface area contributed by atoms with Crippen LogP contribution in [-0.4, -0.2) is 16.1 Å². The molecule has 4 nitrogen and oxygen atoms in total. The van der Waals surface area contributed by atoms with Gasteiger partial charge in [-0.05, 0) is 88.9 Å². The Morgan fingerprint density at radius 2 is 1.68 bits per heavy atom. The average molecular weight is 524 g/mol. The van der Waals surface area contributed by atoms with E-state index in [1.165, 1.54) is 3.57 Å². The first-order valence-corrected chi connectivity index (χ1v) is 8.73. The Kier molecular flexibility index (Phi) is 8.91. The zero-order chi connectivity index (χ0) is 16.5. The smallest absolute Gasteiger partial charge is 0.0837 e. The first-order chi connectivity index (χ1) is 10.5. The van der Waals surface area contributed by atoms with Crippen LogP contribution in [0.1, 0.15) is 31.0 Å². The lowest BCUT2D eigenvalue weighted by Gasteiger charge is -2.08. The van der Waals surface area contributed by atoms with Crippen LogP contribution in [0.2, 0.25) is 0 Å². The van der Waals surface area contributed by atoms with E-state index in [0.29, 0.717) is 5.71 Å². The van der Waals surface area contributed by atoms with Gasteiger partial charge in [-0.25, -0.2) is 0 Å². The highest BCUT2D eigenvalue weighted by atomic mass is 127. The molecule has 22 heavy (non-hydrogen) atoms. The molecule has 0 heterocycles. The van der Waals surface area contributed by atoms with Gasteiger partial charge in [0, 0.05) is 12.7 Å². The summed E-state index contributed by atoms with van der Waals surface area (Å²) < 4.78 is 2.32. The molecule has 3 N–H and O–H groups in total. The largest absolute Gasteiger partial charge is 0.411 e. The Morgan fingerprint density at radius 1 is 1.09 bits per heavy atom. The molecule has 0 fully saturated rings. The van der Waals surface area contributed by atoms with Crippen LogP contribution in [0.25, 0.3) is 0 Å². The van der Waals surface area contributed by atoms with Gasteiger partial charge in [0.1, 0.15) is 0 Å². The van der Waals surface area contributed by atoms with Gasteiger partial charge in [-0.2, -0.15) is 5.48 Å². The van der Waals surface area contributed by atoms with Crippen molar-refractivity contribution in [1.29, 1.82) is 0 Å². The van der Waals surface area contributed by atoms with Gasteiger partial charge in [0.25, 0.3) is 0 Å². The van der Waals surface area contributed by atoms with Gasteiger partial charge >= 0.3 is 0 Å². The molecule has 0 bridgehead atoms. The number of nitrogens with zero attached hydrogens (tertiary/aromatic N) is 1. The number of oxime groups is 1. The summed E-state index contributed by atoms with van der Waals surface area (Å²) in [6.07, 6.45) is 0. The van der Waals surface area contributed by atoms with Crippen LogP contribution in [-0.2, 0) is 0 Å². The molecule has 0 spiro atoms. The maximum atomic E-state index is 8.63. The van der Waals surface area contributed by atoms with Crippen molar-refractivity contribution < 1.29 is 10.4 Å². The normalized spacial score (nSPS) is 12.3. The summed E-state index contributed by atoms with van der Waals surface area (Å²) in [6.45, 7) is 3.68. The Bertz CT molecular complexity index is 633. The van der Waals surface area contributed by atoms with E-state index < -0.39 is 0 Å². The van der Waals surface area contributed by atoms with Gasteiger partial charge in [0.05, 0.1) is 11.8 Å². The average Bonchev–Trinajstić information content (AvgIpc) is 2.54. The molecular formula is C16H18I2N2O2. The topological polar surface area (TPSA) is 64.9 Å². The second-order valence-corrected chi connectivity index (χ2v) is 7.09. The predicted molar refractivity (Wildman–Crippen MR) is 106 cm³/mol. The first-order valence-electron chi connectivity index (χ1n) is 6.57. The van der Waals surface area contributed by atoms with Gasteiger partial charge in [0.15, 0.2) is 0 Å². The summed E-state index contributed by atoms with van der Waals surface area (Å²) in [7, 11) is 0. The summed E-state index contributed by atoms with van der Waals surface area (Å²) >= 11 is 4.46. The molecule has 0 aromatic heterocycles. The minimum atomic E-state index is 0.00437. The Labute approximate surface area is 157 Å². The van der Waals surface area contributed by atoms with Crippen molar-refractivity contribution in [1.82, 2.24) is 5.48 Å². The number of benzene rings is 2. The first kappa shape index (κ1) is 19.3. The van der Waals surface area contributed by atoms with Crippen molar-refractivity contribution >= 4 is 50.9 Å². The molecule has 2 aromatic carbocycles. The summed E-state index contributed by atoms with van der Waals surface area (Å²) in [5, 5.41) is 20.2. The molecule has 0 saturated heterocycles. The zero-order valence-corrected chi connectivity index (χ0v) is 16.6. The fourth-order valence-electron chi connectivity index (χ4n) is 1.62. The van der Waals surface area contributed by atoms with Gasteiger partial charge in [0.2, 0.25) is 0 Å². The highest BCUT2D eigenvalue weighted by Gasteiger charge is 2.01. The highest BCUT2D eigenvalue weighted by Crippen LogP contribution is 2.14. The van der Waals surface area contributed by atoms with E-state index >= 15 is 0 Å². The number of rotatable bonds is 3. The SMILES string of the molecule is CC(=NO)c1cccc(I)c1.CC(NO)c1cccc(I)c1. The van der Waals surface area contributed by atoms with Crippen molar-refractivity contribution in [3.05, 3.63) is 66.8 Å².